The van der Waals surface area contributed by atoms with Crippen molar-refractivity contribution in [1.82, 2.24) is 9.55 Å². The summed E-state index contributed by atoms with van der Waals surface area (Å²) in [5.74, 6) is 1.23. The molecule has 4 aromatic carbocycles. The van der Waals surface area contributed by atoms with E-state index in [-0.39, 0.29) is 12.6 Å². The van der Waals surface area contributed by atoms with Crippen LogP contribution in [-0.2, 0) is 17.9 Å². The van der Waals surface area contributed by atoms with Gasteiger partial charge in [0, 0.05) is 16.7 Å². The van der Waals surface area contributed by atoms with Crippen molar-refractivity contribution in [1.29, 1.82) is 0 Å². The number of benzene rings is 4. The van der Waals surface area contributed by atoms with Crippen LogP contribution < -0.4 is 4.74 Å². The SMILES string of the molecule is CCSc1nc2c(C)cc(OCc3ccccc3C(=O)OC)cc2n1Cc1ccc(-c2ccccc2)cc1Cl. The van der Waals surface area contributed by atoms with Crippen molar-refractivity contribution in [2.45, 2.75) is 32.2 Å². The van der Waals surface area contributed by atoms with Gasteiger partial charge in [0.25, 0.3) is 0 Å². The first-order valence-electron chi connectivity index (χ1n) is 12.7. The lowest BCUT2D eigenvalue weighted by molar-refractivity contribution is 0.0597. The predicted molar refractivity (Wildman–Crippen MR) is 159 cm³/mol. The summed E-state index contributed by atoms with van der Waals surface area (Å²) in [6.07, 6.45) is 0. The summed E-state index contributed by atoms with van der Waals surface area (Å²) in [6.45, 7) is 4.99. The first-order chi connectivity index (χ1) is 19.0. The molecule has 0 atom stereocenters. The minimum atomic E-state index is -0.379. The smallest absolute Gasteiger partial charge is 0.338 e. The first-order valence-corrected chi connectivity index (χ1v) is 14.1. The molecule has 0 bridgehead atoms. The summed E-state index contributed by atoms with van der Waals surface area (Å²) in [7, 11) is 1.38. The maximum Gasteiger partial charge on any atom is 0.338 e. The van der Waals surface area contributed by atoms with Crippen LogP contribution in [0.25, 0.3) is 22.2 Å². The molecule has 0 unspecified atom stereocenters. The van der Waals surface area contributed by atoms with Crippen molar-refractivity contribution in [3.63, 3.8) is 0 Å². The molecule has 0 aliphatic heterocycles. The first kappa shape index (κ1) is 26.9. The number of thioether (sulfide) groups is 1. The number of fused-ring (bicyclic) bond motifs is 1. The van der Waals surface area contributed by atoms with E-state index in [0.717, 1.165) is 49.8 Å². The number of carbonyl (C=O) groups excluding carboxylic acids is 1. The Bertz CT molecular complexity index is 1630. The third kappa shape index (κ3) is 5.82. The molecule has 0 aliphatic carbocycles. The van der Waals surface area contributed by atoms with Crippen molar-refractivity contribution < 1.29 is 14.3 Å². The zero-order chi connectivity index (χ0) is 27.4. The number of rotatable bonds is 9. The minimum Gasteiger partial charge on any atom is -0.489 e. The van der Waals surface area contributed by atoms with Crippen LogP contribution in [0.5, 0.6) is 5.75 Å². The Morgan fingerprint density at radius 3 is 2.46 bits per heavy atom. The molecule has 5 nitrogen and oxygen atoms in total. The second-order valence-corrected chi connectivity index (χ2v) is 10.8. The molecule has 0 amide bonds. The zero-order valence-electron chi connectivity index (χ0n) is 22.1. The van der Waals surface area contributed by atoms with Crippen LogP contribution in [0.1, 0.15) is 34.0 Å². The van der Waals surface area contributed by atoms with Crippen LogP contribution in [0.2, 0.25) is 5.02 Å². The maximum atomic E-state index is 12.2. The Labute approximate surface area is 237 Å². The highest BCUT2D eigenvalue weighted by Gasteiger charge is 2.17. The second kappa shape index (κ2) is 12.0. The summed E-state index contributed by atoms with van der Waals surface area (Å²) in [5, 5.41) is 1.65. The number of imidazole rings is 1. The Hall–Kier alpha value is -3.74. The van der Waals surface area contributed by atoms with Gasteiger partial charge in [-0.1, -0.05) is 91.0 Å². The normalized spacial score (nSPS) is 11.1. The van der Waals surface area contributed by atoms with Gasteiger partial charge in [0.2, 0.25) is 0 Å². The van der Waals surface area contributed by atoms with Gasteiger partial charge in [-0.3, -0.25) is 0 Å². The standard InChI is InChI=1S/C32H29ClN2O3S/c1-4-39-32-34-30-21(2)16-26(38-20-25-12-8-9-13-27(25)31(36)37-3)18-29(30)35(32)19-24-15-14-23(17-28(24)33)22-10-6-5-7-11-22/h5-18H,4,19-20H2,1-3H3. The topological polar surface area (TPSA) is 53.4 Å². The third-order valence-corrected chi connectivity index (χ3v) is 7.77. The molecule has 0 aliphatic rings. The van der Waals surface area contributed by atoms with Crippen LogP contribution in [0.15, 0.2) is 90.1 Å². The van der Waals surface area contributed by atoms with Crippen molar-refractivity contribution in [2.75, 3.05) is 12.9 Å². The number of hydrogen-bond donors (Lipinski definition) is 0. The quantitative estimate of drug-likeness (QED) is 0.135. The van der Waals surface area contributed by atoms with Crippen molar-refractivity contribution >= 4 is 40.4 Å². The third-order valence-electron chi connectivity index (χ3n) is 6.56. The van der Waals surface area contributed by atoms with Gasteiger partial charge in [0.05, 0.1) is 30.3 Å². The molecule has 5 aromatic rings. The molecule has 0 saturated carbocycles. The van der Waals surface area contributed by atoms with E-state index in [0.29, 0.717) is 22.9 Å². The molecule has 1 heterocycles. The number of carbonyl (C=O) groups is 1. The molecule has 0 spiro atoms. The van der Waals surface area contributed by atoms with Gasteiger partial charge in [-0.25, -0.2) is 9.78 Å². The molecular weight excluding hydrogens is 528 g/mol. The van der Waals surface area contributed by atoms with Gasteiger partial charge >= 0.3 is 5.97 Å². The highest BCUT2D eigenvalue weighted by Crippen LogP contribution is 2.33. The number of hydrogen-bond acceptors (Lipinski definition) is 5. The fourth-order valence-corrected chi connectivity index (χ4v) is 5.56. The molecule has 5 rings (SSSR count). The molecule has 7 heteroatoms. The van der Waals surface area contributed by atoms with E-state index in [9.17, 15) is 4.79 Å². The molecule has 0 radical (unpaired) electrons. The Morgan fingerprint density at radius 1 is 0.949 bits per heavy atom. The summed E-state index contributed by atoms with van der Waals surface area (Å²) < 4.78 is 13.3. The van der Waals surface area contributed by atoms with E-state index < -0.39 is 0 Å². The molecule has 0 fully saturated rings. The largest absolute Gasteiger partial charge is 0.489 e. The number of nitrogens with zero attached hydrogens (tertiary/aromatic N) is 2. The van der Waals surface area contributed by atoms with E-state index in [2.05, 4.69) is 35.8 Å². The number of halogens is 1. The number of aryl methyl sites for hydroxylation is 1. The maximum absolute atomic E-state index is 12.2. The van der Waals surface area contributed by atoms with Crippen LogP contribution in [-0.4, -0.2) is 28.4 Å². The van der Waals surface area contributed by atoms with E-state index in [4.69, 9.17) is 26.1 Å². The zero-order valence-corrected chi connectivity index (χ0v) is 23.7. The minimum absolute atomic E-state index is 0.244. The fourth-order valence-electron chi connectivity index (χ4n) is 4.59. The summed E-state index contributed by atoms with van der Waals surface area (Å²) in [5.41, 5.74) is 7.43. The van der Waals surface area contributed by atoms with Crippen molar-refractivity contribution in [3.05, 3.63) is 112 Å². The molecular formula is C32H29ClN2O3S. The van der Waals surface area contributed by atoms with Gasteiger partial charge in [-0.2, -0.15) is 0 Å². The second-order valence-electron chi connectivity index (χ2n) is 9.13. The van der Waals surface area contributed by atoms with Crippen LogP contribution in [0.3, 0.4) is 0 Å². The molecule has 198 valence electrons. The van der Waals surface area contributed by atoms with E-state index in [1.54, 1.807) is 17.8 Å². The number of esters is 1. The average Bonchev–Trinajstić information content (AvgIpc) is 3.30. The van der Waals surface area contributed by atoms with Gasteiger partial charge in [-0.05, 0) is 53.1 Å². The summed E-state index contributed by atoms with van der Waals surface area (Å²) in [4.78, 5) is 17.2. The number of aromatic nitrogens is 2. The fraction of sp³-hybridized carbons (Fsp3) is 0.188. The summed E-state index contributed by atoms with van der Waals surface area (Å²) in [6, 6.07) is 27.8. The average molecular weight is 557 g/mol. The van der Waals surface area contributed by atoms with E-state index in [1.807, 2.05) is 61.5 Å². The lowest BCUT2D eigenvalue weighted by Crippen LogP contribution is -2.08. The van der Waals surface area contributed by atoms with E-state index in [1.165, 1.54) is 7.11 Å². The van der Waals surface area contributed by atoms with Gasteiger partial charge in [0.15, 0.2) is 5.16 Å². The summed E-state index contributed by atoms with van der Waals surface area (Å²) >= 11 is 8.51. The molecule has 39 heavy (non-hydrogen) atoms. The van der Waals surface area contributed by atoms with Crippen molar-refractivity contribution in [3.8, 4) is 16.9 Å². The van der Waals surface area contributed by atoms with E-state index >= 15 is 0 Å². The van der Waals surface area contributed by atoms with Crippen LogP contribution in [0, 0.1) is 6.92 Å². The number of methoxy groups -OCH3 is 1. The highest BCUT2D eigenvalue weighted by molar-refractivity contribution is 7.99. The molecule has 1 aromatic heterocycles. The van der Waals surface area contributed by atoms with Gasteiger partial charge in [-0.15, -0.1) is 0 Å². The monoisotopic (exact) mass is 556 g/mol. The molecule has 0 saturated heterocycles. The van der Waals surface area contributed by atoms with Crippen LogP contribution >= 0.6 is 23.4 Å². The highest BCUT2D eigenvalue weighted by atomic mass is 35.5. The lowest BCUT2D eigenvalue weighted by atomic mass is 10.0. The predicted octanol–water partition coefficient (Wildman–Crippen LogP) is 8.19. The lowest BCUT2D eigenvalue weighted by Gasteiger charge is -2.13. The van der Waals surface area contributed by atoms with Crippen LogP contribution in [0.4, 0.5) is 0 Å². The Morgan fingerprint density at radius 2 is 1.72 bits per heavy atom. The Balaban J connectivity index is 1.48. The van der Waals surface area contributed by atoms with Crippen molar-refractivity contribution in [2.24, 2.45) is 0 Å². The Kier molecular flexibility index (Phi) is 8.24. The van der Waals surface area contributed by atoms with Gasteiger partial charge in [0.1, 0.15) is 12.4 Å². The molecule has 0 N–H and O–H groups in total. The number of ether oxygens (including phenoxy) is 2. The van der Waals surface area contributed by atoms with Gasteiger partial charge < -0.3 is 14.0 Å².